The van der Waals surface area contributed by atoms with Crippen molar-refractivity contribution in [1.29, 1.82) is 0 Å². The van der Waals surface area contributed by atoms with Crippen LogP contribution in [0.2, 0.25) is 0 Å². The van der Waals surface area contributed by atoms with Gasteiger partial charge >= 0.3 is 5.97 Å². The molecule has 0 amide bonds. The maximum atomic E-state index is 11.4. The number of carbonyl (C=O) groups excluding carboxylic acids is 1. The molecule has 1 saturated heterocycles. The summed E-state index contributed by atoms with van der Waals surface area (Å²) in [4.78, 5) is 16.6. The maximum absolute atomic E-state index is 11.4. The quantitative estimate of drug-likeness (QED) is 0.779. The Labute approximate surface area is 92.7 Å². The first-order valence-electron chi connectivity index (χ1n) is 5.01. The molecule has 1 N–H and O–H groups in total. The molecule has 2 rings (SSSR count). The van der Waals surface area contributed by atoms with Crippen LogP contribution in [0.1, 0.15) is 39.3 Å². The van der Waals surface area contributed by atoms with E-state index < -0.39 is 0 Å². The molecule has 0 spiro atoms. The van der Waals surface area contributed by atoms with Gasteiger partial charge in [0, 0.05) is 4.88 Å². The molecule has 15 heavy (non-hydrogen) atoms. The van der Waals surface area contributed by atoms with Crippen LogP contribution in [0.25, 0.3) is 0 Å². The van der Waals surface area contributed by atoms with E-state index in [2.05, 4.69) is 15.0 Å². The van der Waals surface area contributed by atoms with Gasteiger partial charge in [-0.1, -0.05) is 0 Å². The third-order valence-electron chi connectivity index (χ3n) is 2.55. The molecule has 1 aromatic heterocycles. The molecule has 0 saturated carbocycles. The monoisotopic (exact) mass is 226 g/mol. The Hall–Kier alpha value is -0.940. The van der Waals surface area contributed by atoms with Crippen molar-refractivity contribution >= 4 is 17.3 Å². The largest absolute Gasteiger partial charge is 0.464 e. The molecule has 0 aromatic carbocycles. The molecule has 0 aliphatic carbocycles. The zero-order valence-corrected chi connectivity index (χ0v) is 9.69. The van der Waals surface area contributed by atoms with Crippen molar-refractivity contribution < 1.29 is 9.53 Å². The molecule has 1 aromatic rings. The van der Waals surface area contributed by atoms with Crippen LogP contribution in [-0.4, -0.2) is 24.6 Å². The summed E-state index contributed by atoms with van der Waals surface area (Å²) in [5.41, 5.74) is 0.464. The van der Waals surface area contributed by atoms with Crippen molar-refractivity contribution in [2.45, 2.75) is 25.8 Å². The Kier molecular flexibility index (Phi) is 3.02. The molecular formula is C10H14N2O2S. The molecule has 1 fully saturated rings. The lowest BCUT2D eigenvalue weighted by molar-refractivity contribution is 0.0594. The SMILES string of the molecule is COC(=O)c1nc([C@H]2CCCN2)sc1C. The number of hydrogen-bond acceptors (Lipinski definition) is 5. The average molecular weight is 226 g/mol. The van der Waals surface area contributed by atoms with Crippen LogP contribution in [0.3, 0.4) is 0 Å². The number of nitrogens with zero attached hydrogens (tertiary/aromatic N) is 1. The van der Waals surface area contributed by atoms with Crippen molar-refractivity contribution in [2.75, 3.05) is 13.7 Å². The molecule has 1 aliphatic heterocycles. The van der Waals surface area contributed by atoms with E-state index in [0.29, 0.717) is 11.7 Å². The van der Waals surface area contributed by atoms with Gasteiger partial charge in [0.1, 0.15) is 5.01 Å². The second-order valence-electron chi connectivity index (χ2n) is 3.60. The van der Waals surface area contributed by atoms with Crippen molar-refractivity contribution in [3.8, 4) is 0 Å². The highest BCUT2D eigenvalue weighted by Gasteiger charge is 2.23. The average Bonchev–Trinajstić information content (AvgIpc) is 2.84. The minimum absolute atomic E-state index is 0.326. The molecule has 1 atom stereocenters. The molecule has 0 bridgehead atoms. The highest BCUT2D eigenvalue weighted by atomic mass is 32.1. The maximum Gasteiger partial charge on any atom is 0.357 e. The first kappa shape index (κ1) is 10.6. The van der Waals surface area contributed by atoms with Crippen molar-refractivity contribution in [1.82, 2.24) is 10.3 Å². The molecule has 1 aliphatic rings. The summed E-state index contributed by atoms with van der Waals surface area (Å²) in [7, 11) is 1.38. The van der Waals surface area contributed by atoms with E-state index in [-0.39, 0.29) is 5.97 Å². The van der Waals surface area contributed by atoms with Crippen LogP contribution in [-0.2, 0) is 4.74 Å². The third kappa shape index (κ3) is 2.03. The molecular weight excluding hydrogens is 212 g/mol. The summed E-state index contributed by atoms with van der Waals surface area (Å²) in [5.74, 6) is -0.340. The van der Waals surface area contributed by atoms with Gasteiger partial charge in [0.15, 0.2) is 5.69 Å². The minimum atomic E-state index is -0.340. The Morgan fingerprint density at radius 1 is 1.67 bits per heavy atom. The van der Waals surface area contributed by atoms with Crippen molar-refractivity contribution in [3.05, 3.63) is 15.6 Å². The number of rotatable bonds is 2. The predicted molar refractivity (Wildman–Crippen MR) is 58.2 cm³/mol. The highest BCUT2D eigenvalue weighted by Crippen LogP contribution is 2.28. The Morgan fingerprint density at radius 2 is 2.47 bits per heavy atom. The minimum Gasteiger partial charge on any atom is -0.464 e. The van der Waals surface area contributed by atoms with Crippen LogP contribution >= 0.6 is 11.3 Å². The standard InChI is InChI=1S/C10H14N2O2S/c1-6-8(10(13)14-2)12-9(15-6)7-4-3-5-11-7/h7,11H,3-5H2,1-2H3/t7-/m1/s1. The second-order valence-corrected chi connectivity index (χ2v) is 4.83. The zero-order valence-electron chi connectivity index (χ0n) is 8.87. The first-order valence-corrected chi connectivity index (χ1v) is 5.83. The van der Waals surface area contributed by atoms with E-state index in [1.165, 1.54) is 13.5 Å². The van der Waals surface area contributed by atoms with Crippen LogP contribution in [0.15, 0.2) is 0 Å². The predicted octanol–water partition coefficient (Wildman–Crippen LogP) is 1.66. The molecule has 0 unspecified atom stereocenters. The summed E-state index contributed by atoms with van der Waals surface area (Å²) in [6, 6.07) is 0.326. The van der Waals surface area contributed by atoms with Gasteiger partial charge in [0.2, 0.25) is 0 Å². The van der Waals surface area contributed by atoms with E-state index >= 15 is 0 Å². The molecule has 2 heterocycles. The van der Waals surface area contributed by atoms with Gasteiger partial charge in [0.25, 0.3) is 0 Å². The summed E-state index contributed by atoms with van der Waals surface area (Å²) in [6.07, 6.45) is 2.28. The smallest absolute Gasteiger partial charge is 0.357 e. The van der Waals surface area contributed by atoms with Gasteiger partial charge in [-0.05, 0) is 26.3 Å². The summed E-state index contributed by atoms with van der Waals surface area (Å²) in [6.45, 7) is 2.94. The molecule has 5 heteroatoms. The van der Waals surface area contributed by atoms with Gasteiger partial charge in [0.05, 0.1) is 13.2 Å². The number of aromatic nitrogens is 1. The second kappa shape index (κ2) is 4.28. The van der Waals surface area contributed by atoms with E-state index in [0.717, 1.165) is 22.9 Å². The van der Waals surface area contributed by atoms with Gasteiger partial charge in [-0.25, -0.2) is 9.78 Å². The normalized spacial score (nSPS) is 20.5. The number of methoxy groups -OCH3 is 1. The molecule has 4 nitrogen and oxygen atoms in total. The van der Waals surface area contributed by atoms with E-state index in [1.807, 2.05) is 6.92 Å². The Bertz CT molecular complexity index is 369. The fourth-order valence-electron chi connectivity index (χ4n) is 1.75. The summed E-state index contributed by atoms with van der Waals surface area (Å²) >= 11 is 1.58. The molecule has 82 valence electrons. The lowest BCUT2D eigenvalue weighted by atomic mass is 10.2. The van der Waals surface area contributed by atoms with Crippen molar-refractivity contribution in [3.63, 3.8) is 0 Å². The topological polar surface area (TPSA) is 51.2 Å². The van der Waals surface area contributed by atoms with Crippen LogP contribution in [0.5, 0.6) is 0 Å². The van der Waals surface area contributed by atoms with Crippen LogP contribution in [0.4, 0.5) is 0 Å². The fourth-order valence-corrected chi connectivity index (χ4v) is 2.77. The number of carbonyl (C=O) groups is 1. The lowest BCUT2D eigenvalue weighted by Crippen LogP contribution is -2.13. The van der Waals surface area contributed by atoms with Crippen LogP contribution in [0, 0.1) is 6.92 Å². The zero-order chi connectivity index (χ0) is 10.8. The van der Waals surface area contributed by atoms with Gasteiger partial charge in [-0.2, -0.15) is 0 Å². The Morgan fingerprint density at radius 3 is 3.07 bits per heavy atom. The number of esters is 1. The number of nitrogens with one attached hydrogen (secondary N) is 1. The van der Waals surface area contributed by atoms with Crippen molar-refractivity contribution in [2.24, 2.45) is 0 Å². The number of hydrogen-bond donors (Lipinski definition) is 1. The number of ether oxygens (including phenoxy) is 1. The Balaban J connectivity index is 2.23. The number of thiazole rings is 1. The lowest BCUT2D eigenvalue weighted by Gasteiger charge is -2.04. The van der Waals surface area contributed by atoms with Gasteiger partial charge in [-0.15, -0.1) is 11.3 Å². The van der Waals surface area contributed by atoms with E-state index in [9.17, 15) is 4.79 Å². The van der Waals surface area contributed by atoms with Crippen LogP contribution < -0.4 is 5.32 Å². The fraction of sp³-hybridized carbons (Fsp3) is 0.600. The van der Waals surface area contributed by atoms with Gasteiger partial charge < -0.3 is 10.1 Å². The number of aryl methyl sites for hydroxylation is 1. The summed E-state index contributed by atoms with van der Waals surface area (Å²) < 4.78 is 4.68. The van der Waals surface area contributed by atoms with Gasteiger partial charge in [-0.3, -0.25) is 0 Å². The third-order valence-corrected chi connectivity index (χ3v) is 3.63. The summed E-state index contributed by atoms with van der Waals surface area (Å²) in [5, 5.41) is 4.37. The first-order chi connectivity index (χ1) is 7.22. The van der Waals surface area contributed by atoms with E-state index in [1.54, 1.807) is 11.3 Å². The highest BCUT2D eigenvalue weighted by molar-refractivity contribution is 7.11. The van der Waals surface area contributed by atoms with E-state index in [4.69, 9.17) is 0 Å². The molecule has 0 radical (unpaired) electrons.